The summed E-state index contributed by atoms with van der Waals surface area (Å²) in [6.45, 7) is -0.261. The van der Waals surface area contributed by atoms with Gasteiger partial charge in [0.1, 0.15) is 5.00 Å². The summed E-state index contributed by atoms with van der Waals surface area (Å²) in [6, 6.07) is 13.0. The molecule has 0 unspecified atom stereocenters. The van der Waals surface area contributed by atoms with Crippen LogP contribution in [0.4, 0.5) is 10.7 Å². The number of nitrogens with one attached hydrogen (secondary N) is 1. The Balaban J connectivity index is 1.68. The van der Waals surface area contributed by atoms with Crippen LogP contribution in [0.2, 0.25) is 0 Å². The van der Waals surface area contributed by atoms with Crippen molar-refractivity contribution in [3.63, 3.8) is 0 Å². The summed E-state index contributed by atoms with van der Waals surface area (Å²) >= 11 is 5.07. The van der Waals surface area contributed by atoms with Crippen molar-refractivity contribution in [2.24, 2.45) is 10.7 Å². The third-order valence-corrected chi connectivity index (χ3v) is 7.64. The second-order valence-corrected chi connectivity index (χ2v) is 10.4. The van der Waals surface area contributed by atoms with E-state index in [0.717, 1.165) is 42.5 Å². The quantitative estimate of drug-likeness (QED) is 0.322. The number of aliphatic imine (C=N–C) groups is 1. The van der Waals surface area contributed by atoms with Gasteiger partial charge >= 0.3 is 0 Å². The summed E-state index contributed by atoms with van der Waals surface area (Å²) in [7, 11) is 1.52. The molecule has 36 heavy (non-hydrogen) atoms. The lowest BCUT2D eigenvalue weighted by Crippen LogP contribution is -2.20. The molecule has 0 fully saturated rings. The minimum Gasteiger partial charge on any atom is -0.493 e. The molecule has 1 heterocycles. The van der Waals surface area contributed by atoms with E-state index >= 15 is 0 Å². The molecule has 9 heteroatoms. The van der Waals surface area contributed by atoms with Gasteiger partial charge in [-0.3, -0.25) is 9.59 Å². The number of primary amides is 1. The van der Waals surface area contributed by atoms with Crippen molar-refractivity contribution < 1.29 is 19.1 Å². The normalized spacial score (nSPS) is 13.5. The predicted octanol–water partition coefficient (Wildman–Crippen LogP) is 6.05. The summed E-state index contributed by atoms with van der Waals surface area (Å²) in [5.74, 6) is 0.104. The van der Waals surface area contributed by atoms with Crippen LogP contribution in [0.5, 0.6) is 11.5 Å². The molecule has 188 valence electrons. The van der Waals surface area contributed by atoms with Crippen LogP contribution in [0.1, 0.15) is 52.0 Å². The van der Waals surface area contributed by atoms with Crippen LogP contribution in [0, 0.1) is 0 Å². The number of hydrogen-bond donors (Lipinski definition) is 2. The Morgan fingerprint density at radius 2 is 1.89 bits per heavy atom. The lowest BCUT2D eigenvalue weighted by molar-refractivity contribution is -0.119. The molecule has 2 amide bonds. The predicted molar refractivity (Wildman–Crippen MR) is 147 cm³/mol. The van der Waals surface area contributed by atoms with Crippen LogP contribution in [0.15, 0.2) is 51.9 Å². The first-order valence-corrected chi connectivity index (χ1v) is 13.4. The molecule has 3 N–H and O–H groups in total. The van der Waals surface area contributed by atoms with E-state index in [-0.39, 0.29) is 12.5 Å². The average Bonchev–Trinajstić information content (AvgIpc) is 3.18. The number of para-hydroxylation sites is 1. The van der Waals surface area contributed by atoms with Gasteiger partial charge in [0.05, 0.1) is 17.1 Å². The van der Waals surface area contributed by atoms with Gasteiger partial charge in [0.25, 0.3) is 11.8 Å². The van der Waals surface area contributed by atoms with Gasteiger partial charge in [-0.2, -0.15) is 0 Å². The molecule has 0 spiro atoms. The molecule has 2 aromatic carbocycles. The number of ether oxygens (including phenoxy) is 2. The van der Waals surface area contributed by atoms with E-state index in [1.807, 2.05) is 36.4 Å². The molecule has 1 aromatic heterocycles. The van der Waals surface area contributed by atoms with Crippen molar-refractivity contribution in [2.75, 3.05) is 19.0 Å². The number of nitrogens with two attached hydrogens (primary N) is 1. The Kier molecular flexibility index (Phi) is 8.77. The molecule has 1 aliphatic carbocycles. The Labute approximate surface area is 222 Å². The van der Waals surface area contributed by atoms with Crippen LogP contribution in [-0.2, 0) is 17.6 Å². The summed E-state index contributed by atoms with van der Waals surface area (Å²) in [5, 5.41) is 3.73. The van der Waals surface area contributed by atoms with E-state index < -0.39 is 5.91 Å². The standard InChI is InChI=1S/C27H28BrN3O4S/c1-34-21-14-17(13-20(28)25(21)35-16-23(29)32)15-30-27-24(26(33)31-18-9-5-4-6-10-18)19-11-7-2-3-8-12-22(19)36-27/h4-6,9-10,13-15H,2-3,7-8,11-12,16H2,1H3,(H2,29,32)(H,31,33). The molecular formula is C27H28BrN3O4S. The van der Waals surface area contributed by atoms with Crippen molar-refractivity contribution in [1.29, 1.82) is 0 Å². The van der Waals surface area contributed by atoms with Crippen molar-refractivity contribution in [3.05, 3.63) is 68.5 Å². The van der Waals surface area contributed by atoms with Gasteiger partial charge in [-0.05, 0) is 77.0 Å². The number of amides is 2. The highest BCUT2D eigenvalue weighted by Gasteiger charge is 2.24. The molecule has 0 aliphatic heterocycles. The summed E-state index contributed by atoms with van der Waals surface area (Å²) in [4.78, 5) is 30.6. The van der Waals surface area contributed by atoms with Gasteiger partial charge < -0.3 is 20.5 Å². The van der Waals surface area contributed by atoms with Gasteiger partial charge in [-0.25, -0.2) is 4.99 Å². The largest absolute Gasteiger partial charge is 0.493 e. The molecule has 0 saturated carbocycles. The maximum atomic E-state index is 13.4. The molecule has 7 nitrogen and oxygen atoms in total. The molecule has 3 aromatic rings. The Morgan fingerprint density at radius 3 is 2.61 bits per heavy atom. The number of nitrogens with zero attached hydrogens (tertiary/aromatic N) is 1. The highest BCUT2D eigenvalue weighted by atomic mass is 79.9. The zero-order chi connectivity index (χ0) is 25.5. The van der Waals surface area contributed by atoms with Crippen LogP contribution in [0.25, 0.3) is 0 Å². The van der Waals surface area contributed by atoms with Crippen LogP contribution in [0.3, 0.4) is 0 Å². The maximum absolute atomic E-state index is 13.4. The minimum atomic E-state index is -0.579. The van der Waals surface area contributed by atoms with Gasteiger partial charge in [0, 0.05) is 16.8 Å². The molecular weight excluding hydrogens is 542 g/mol. The number of carbonyl (C=O) groups is 2. The summed E-state index contributed by atoms with van der Waals surface area (Å²) in [5.41, 5.74) is 8.48. The zero-order valence-electron chi connectivity index (χ0n) is 20.0. The fraction of sp³-hybridized carbons (Fsp3) is 0.296. The number of carbonyl (C=O) groups excluding carboxylic acids is 2. The van der Waals surface area contributed by atoms with Crippen LogP contribution >= 0.6 is 27.3 Å². The van der Waals surface area contributed by atoms with Gasteiger partial charge in [0.2, 0.25) is 0 Å². The first-order valence-electron chi connectivity index (χ1n) is 11.8. The number of anilines is 1. The van der Waals surface area contributed by atoms with Crippen LogP contribution < -0.4 is 20.5 Å². The molecule has 4 rings (SSSR count). The fourth-order valence-corrected chi connectivity index (χ4v) is 5.98. The smallest absolute Gasteiger partial charge is 0.259 e. The van der Waals surface area contributed by atoms with Gasteiger partial charge in [-0.15, -0.1) is 11.3 Å². The minimum absolute atomic E-state index is 0.139. The number of aryl methyl sites for hydroxylation is 1. The Bertz CT molecular complexity index is 1270. The number of rotatable bonds is 8. The maximum Gasteiger partial charge on any atom is 0.259 e. The third-order valence-electron chi connectivity index (χ3n) is 5.85. The lowest BCUT2D eigenvalue weighted by atomic mass is 9.96. The lowest BCUT2D eigenvalue weighted by Gasteiger charge is -2.12. The van der Waals surface area contributed by atoms with Crippen molar-refractivity contribution in [1.82, 2.24) is 0 Å². The van der Waals surface area contributed by atoms with E-state index in [4.69, 9.17) is 20.2 Å². The zero-order valence-corrected chi connectivity index (χ0v) is 22.4. The average molecular weight is 571 g/mol. The number of methoxy groups -OCH3 is 1. The fourth-order valence-electron chi connectivity index (χ4n) is 4.18. The Morgan fingerprint density at radius 1 is 1.14 bits per heavy atom. The summed E-state index contributed by atoms with van der Waals surface area (Å²) in [6.07, 6.45) is 8.12. The first-order chi connectivity index (χ1) is 17.5. The van der Waals surface area contributed by atoms with Gasteiger partial charge in [-0.1, -0.05) is 31.0 Å². The van der Waals surface area contributed by atoms with E-state index in [9.17, 15) is 9.59 Å². The monoisotopic (exact) mass is 569 g/mol. The van der Waals surface area contributed by atoms with Crippen molar-refractivity contribution in [2.45, 2.75) is 38.5 Å². The van der Waals surface area contributed by atoms with E-state index in [2.05, 4.69) is 21.2 Å². The van der Waals surface area contributed by atoms with E-state index in [1.54, 1.807) is 23.6 Å². The van der Waals surface area contributed by atoms with Crippen LogP contribution in [-0.4, -0.2) is 31.7 Å². The Hall–Kier alpha value is -3.17. The van der Waals surface area contributed by atoms with E-state index in [1.165, 1.54) is 24.8 Å². The highest BCUT2D eigenvalue weighted by molar-refractivity contribution is 9.10. The number of benzene rings is 2. The number of thiophene rings is 1. The molecule has 0 bridgehead atoms. The molecule has 1 aliphatic rings. The molecule has 0 radical (unpaired) electrons. The first kappa shape index (κ1) is 25.9. The van der Waals surface area contributed by atoms with Crippen molar-refractivity contribution in [3.8, 4) is 11.5 Å². The number of hydrogen-bond acceptors (Lipinski definition) is 6. The summed E-state index contributed by atoms with van der Waals surface area (Å²) < 4.78 is 11.5. The topological polar surface area (TPSA) is 103 Å². The molecule has 0 atom stereocenters. The van der Waals surface area contributed by atoms with E-state index in [0.29, 0.717) is 26.5 Å². The van der Waals surface area contributed by atoms with Crippen molar-refractivity contribution >= 4 is 56.0 Å². The second-order valence-electron chi connectivity index (χ2n) is 8.47. The van der Waals surface area contributed by atoms with Gasteiger partial charge in [0.15, 0.2) is 18.1 Å². The third kappa shape index (κ3) is 6.33. The number of halogens is 1. The molecule has 0 saturated heterocycles. The number of fused-ring (bicyclic) bond motifs is 1. The second kappa shape index (κ2) is 12.2. The highest BCUT2D eigenvalue weighted by Crippen LogP contribution is 2.40. The SMILES string of the molecule is COc1cc(C=Nc2sc3c(c2C(=O)Nc2ccccc2)CCCCCC3)cc(Br)c1OCC(N)=O.